The van der Waals surface area contributed by atoms with Gasteiger partial charge in [-0.25, -0.2) is 0 Å². The SMILES string of the molecule is C[C@@H]1[C@@H](C)[C@H]2[C@@H]3[C@@H]4[C@H]3[C@@H]3[C@]5(C=C[C@@H](O)C[C@@]235)[C@H]14. The smallest absolute Gasteiger partial charge is 0.0726 e. The first-order valence-electron chi connectivity index (χ1n) is 7.53. The van der Waals surface area contributed by atoms with Gasteiger partial charge in [-0.15, -0.1) is 0 Å². The van der Waals surface area contributed by atoms with Gasteiger partial charge in [0.05, 0.1) is 6.10 Å². The summed E-state index contributed by atoms with van der Waals surface area (Å²) in [6.45, 7) is 5.03. The van der Waals surface area contributed by atoms with E-state index in [1.54, 1.807) is 0 Å². The largest absolute Gasteiger partial charge is 0.389 e. The van der Waals surface area contributed by atoms with Crippen molar-refractivity contribution in [2.24, 2.45) is 58.2 Å². The summed E-state index contributed by atoms with van der Waals surface area (Å²) in [4.78, 5) is 0. The zero-order valence-corrected chi connectivity index (χ0v) is 10.5. The van der Waals surface area contributed by atoms with Crippen LogP contribution in [0.5, 0.6) is 0 Å². The number of rotatable bonds is 0. The quantitative estimate of drug-likeness (QED) is 0.631. The van der Waals surface area contributed by atoms with Gasteiger partial charge in [0.2, 0.25) is 0 Å². The van der Waals surface area contributed by atoms with Crippen molar-refractivity contribution in [1.82, 2.24) is 0 Å². The Morgan fingerprint density at radius 3 is 2.59 bits per heavy atom. The van der Waals surface area contributed by atoms with Gasteiger partial charge in [-0.1, -0.05) is 26.0 Å². The van der Waals surface area contributed by atoms with Gasteiger partial charge in [-0.2, -0.15) is 0 Å². The third-order valence-corrected chi connectivity index (χ3v) is 8.45. The molecule has 0 saturated heterocycles. The van der Waals surface area contributed by atoms with Crippen LogP contribution in [0.1, 0.15) is 20.3 Å². The molecule has 0 aromatic heterocycles. The average molecular weight is 228 g/mol. The Labute approximate surface area is 102 Å². The molecule has 0 aromatic carbocycles. The van der Waals surface area contributed by atoms with Gasteiger partial charge in [0, 0.05) is 5.41 Å². The molecule has 2 bridgehead atoms. The highest BCUT2D eigenvalue weighted by molar-refractivity contribution is 5.52. The molecule has 0 radical (unpaired) electrons. The molecule has 7 aliphatic carbocycles. The highest BCUT2D eigenvalue weighted by Gasteiger charge is 3.01. The molecule has 90 valence electrons. The summed E-state index contributed by atoms with van der Waals surface area (Å²) in [5.41, 5.74) is 1.18. The van der Waals surface area contributed by atoms with Crippen molar-refractivity contribution in [1.29, 1.82) is 0 Å². The van der Waals surface area contributed by atoms with Crippen molar-refractivity contribution in [2.75, 3.05) is 0 Å². The molecular formula is C16H20O. The molecule has 0 amide bonds. The van der Waals surface area contributed by atoms with E-state index in [4.69, 9.17) is 0 Å². The summed E-state index contributed by atoms with van der Waals surface area (Å²) in [6, 6.07) is 0. The van der Waals surface area contributed by atoms with Gasteiger partial charge >= 0.3 is 0 Å². The number of fused-ring (bicyclic) bond motifs is 1. The standard InChI is InChI=1S/C16H20O/c1-6-7(2)13-10-9-11(10)14-15(12(6)9)4-3-8(17)5-16(13,14)15/h3-4,6-14,17H,5H2,1-2H3/t6-,7-,8-,9-,10-,11-,12-,13+,14-,15+,16-/m1/s1. The minimum Gasteiger partial charge on any atom is -0.389 e. The molecule has 1 N–H and O–H groups in total. The molecular weight excluding hydrogens is 208 g/mol. The second kappa shape index (κ2) is 1.95. The molecule has 6 fully saturated rings. The Kier molecular flexibility index (Phi) is 1.00. The van der Waals surface area contributed by atoms with E-state index in [-0.39, 0.29) is 6.10 Å². The normalized spacial score (nSPS) is 83.6. The van der Waals surface area contributed by atoms with Crippen LogP contribution < -0.4 is 0 Å². The van der Waals surface area contributed by atoms with Gasteiger partial charge in [0.25, 0.3) is 0 Å². The third kappa shape index (κ3) is 0.514. The molecule has 1 nitrogen and oxygen atoms in total. The summed E-state index contributed by atoms with van der Waals surface area (Å²) in [5.74, 6) is 8.12. The van der Waals surface area contributed by atoms with E-state index < -0.39 is 0 Å². The Morgan fingerprint density at radius 2 is 1.76 bits per heavy atom. The van der Waals surface area contributed by atoms with Crippen LogP contribution in [0.15, 0.2) is 12.2 Å². The van der Waals surface area contributed by atoms with Gasteiger partial charge in [-0.05, 0) is 59.2 Å². The summed E-state index contributed by atoms with van der Waals surface area (Å²) in [5, 5.41) is 10.1. The summed E-state index contributed by atoms with van der Waals surface area (Å²) >= 11 is 0. The minimum atomic E-state index is -0.133. The lowest BCUT2D eigenvalue weighted by Crippen LogP contribution is -2.52. The molecule has 0 aliphatic heterocycles. The monoisotopic (exact) mass is 228 g/mol. The van der Waals surface area contributed by atoms with E-state index >= 15 is 0 Å². The molecule has 7 rings (SSSR count). The predicted molar refractivity (Wildman–Crippen MR) is 63.9 cm³/mol. The molecule has 17 heavy (non-hydrogen) atoms. The summed E-state index contributed by atoms with van der Waals surface area (Å²) in [6.07, 6.45) is 5.60. The van der Waals surface area contributed by atoms with Gasteiger partial charge in [0.15, 0.2) is 0 Å². The Morgan fingerprint density at radius 1 is 1.06 bits per heavy atom. The first kappa shape index (κ1) is 8.74. The molecule has 1 heteroatoms. The second-order valence-corrected chi connectivity index (χ2v) is 8.08. The van der Waals surface area contributed by atoms with Crippen molar-refractivity contribution in [3.63, 3.8) is 0 Å². The molecule has 0 unspecified atom stereocenters. The van der Waals surface area contributed by atoms with Crippen molar-refractivity contribution >= 4 is 0 Å². The average Bonchev–Trinajstić information content (AvgIpc) is 3.07. The van der Waals surface area contributed by atoms with Crippen LogP contribution in [0.4, 0.5) is 0 Å². The zero-order chi connectivity index (χ0) is 11.3. The maximum Gasteiger partial charge on any atom is 0.0726 e. The lowest BCUT2D eigenvalue weighted by molar-refractivity contribution is -0.0704. The fourth-order valence-electron chi connectivity index (χ4n) is 8.52. The van der Waals surface area contributed by atoms with E-state index in [0.717, 1.165) is 53.8 Å². The van der Waals surface area contributed by atoms with Crippen molar-refractivity contribution in [3.05, 3.63) is 12.2 Å². The number of hydrogen-bond acceptors (Lipinski definition) is 1. The van der Waals surface area contributed by atoms with Crippen LogP contribution >= 0.6 is 0 Å². The Bertz CT molecular complexity index is 496. The number of allylic oxidation sites excluding steroid dienone is 1. The lowest BCUT2D eigenvalue weighted by atomic mass is 9.49. The molecule has 0 heterocycles. The van der Waals surface area contributed by atoms with Crippen LogP contribution in [0.25, 0.3) is 0 Å². The molecule has 7 aliphatic rings. The Balaban J connectivity index is 1.66. The van der Waals surface area contributed by atoms with E-state index in [1.807, 2.05) is 0 Å². The minimum absolute atomic E-state index is 0.133. The summed E-state index contributed by atoms with van der Waals surface area (Å²) < 4.78 is 0. The zero-order valence-electron chi connectivity index (χ0n) is 10.5. The fraction of sp³-hybridized carbons (Fsp3) is 0.875. The van der Waals surface area contributed by atoms with Crippen molar-refractivity contribution in [2.45, 2.75) is 26.4 Å². The number of aliphatic hydroxyl groups excluding tert-OH is 1. The van der Waals surface area contributed by atoms with Crippen molar-refractivity contribution < 1.29 is 5.11 Å². The fourth-order valence-corrected chi connectivity index (χ4v) is 8.52. The second-order valence-electron chi connectivity index (χ2n) is 8.08. The van der Waals surface area contributed by atoms with Crippen LogP contribution in [-0.2, 0) is 0 Å². The first-order chi connectivity index (χ1) is 8.16. The first-order valence-corrected chi connectivity index (χ1v) is 7.53. The van der Waals surface area contributed by atoms with E-state index in [9.17, 15) is 5.11 Å². The van der Waals surface area contributed by atoms with Gasteiger partial charge in [-0.3, -0.25) is 0 Å². The van der Waals surface area contributed by atoms with Crippen molar-refractivity contribution in [3.8, 4) is 0 Å². The molecule has 0 aromatic rings. The number of hydrogen-bond donors (Lipinski definition) is 1. The number of aliphatic hydroxyl groups is 1. The highest BCUT2D eigenvalue weighted by Crippen LogP contribution is 3.04. The van der Waals surface area contributed by atoms with Crippen LogP contribution in [0, 0.1) is 58.2 Å². The lowest BCUT2D eigenvalue weighted by Gasteiger charge is -2.55. The van der Waals surface area contributed by atoms with Crippen LogP contribution in [0.2, 0.25) is 0 Å². The maximum atomic E-state index is 10.1. The van der Waals surface area contributed by atoms with E-state index in [2.05, 4.69) is 26.0 Å². The van der Waals surface area contributed by atoms with Gasteiger partial charge in [0.1, 0.15) is 0 Å². The molecule has 2 spiro atoms. The van der Waals surface area contributed by atoms with Gasteiger partial charge < -0.3 is 5.11 Å². The predicted octanol–water partition coefficient (Wildman–Crippen LogP) is 2.32. The molecule has 6 saturated carbocycles. The van der Waals surface area contributed by atoms with E-state index in [1.165, 1.54) is 0 Å². The third-order valence-electron chi connectivity index (χ3n) is 8.45. The highest BCUT2D eigenvalue weighted by atomic mass is 16.3. The van der Waals surface area contributed by atoms with Crippen LogP contribution in [0.3, 0.4) is 0 Å². The maximum absolute atomic E-state index is 10.1. The molecule has 11 atom stereocenters. The Hall–Kier alpha value is -0.300. The van der Waals surface area contributed by atoms with Crippen LogP contribution in [-0.4, -0.2) is 11.2 Å². The topological polar surface area (TPSA) is 20.2 Å². The van der Waals surface area contributed by atoms with E-state index in [0.29, 0.717) is 10.8 Å². The summed E-state index contributed by atoms with van der Waals surface area (Å²) in [7, 11) is 0.